The molecule has 0 aromatic carbocycles. The fourth-order valence-electron chi connectivity index (χ4n) is 2.22. The third-order valence-corrected chi connectivity index (χ3v) is 3.18. The number of carbonyl (C=O) groups is 1. The Morgan fingerprint density at radius 2 is 1.92 bits per heavy atom. The minimum Gasteiger partial charge on any atom is -0.469 e. The van der Waals surface area contributed by atoms with Crippen molar-refractivity contribution >= 4 is 5.97 Å². The predicted molar refractivity (Wildman–Crippen MR) is 48.2 cm³/mol. The van der Waals surface area contributed by atoms with E-state index in [1.807, 2.05) is 0 Å². The third-order valence-electron chi connectivity index (χ3n) is 3.18. The van der Waals surface area contributed by atoms with Gasteiger partial charge in [-0.2, -0.15) is 0 Å². The number of carbonyl (C=O) groups excluding carboxylic acids is 1. The smallest absolute Gasteiger partial charge is 0.310 e. The van der Waals surface area contributed by atoms with Gasteiger partial charge in [0.1, 0.15) is 0 Å². The molecule has 4 heteroatoms. The molecule has 2 aliphatic rings. The van der Waals surface area contributed by atoms with E-state index in [1.54, 1.807) is 0 Å². The monoisotopic (exact) mass is 184 g/mol. The van der Waals surface area contributed by atoms with Gasteiger partial charge in [0.15, 0.2) is 0 Å². The van der Waals surface area contributed by atoms with Gasteiger partial charge in [0.05, 0.1) is 13.0 Å². The number of esters is 1. The molecule has 0 spiro atoms. The number of hydrogen-bond acceptors (Lipinski definition) is 4. The van der Waals surface area contributed by atoms with Crippen LogP contribution in [0, 0.1) is 17.8 Å². The highest BCUT2D eigenvalue weighted by Gasteiger charge is 2.40. The summed E-state index contributed by atoms with van der Waals surface area (Å²) in [7, 11) is 1.47. The molecule has 0 aromatic rings. The van der Waals surface area contributed by atoms with Crippen LogP contribution in [0.3, 0.4) is 0 Å². The van der Waals surface area contributed by atoms with Crippen LogP contribution in [0.2, 0.25) is 0 Å². The third kappa shape index (κ3) is 1.56. The largest absolute Gasteiger partial charge is 0.469 e. The van der Waals surface area contributed by atoms with Gasteiger partial charge in [-0.15, -0.1) is 0 Å². The Kier molecular flexibility index (Phi) is 2.51. The highest BCUT2D eigenvalue weighted by Crippen LogP contribution is 2.28. The average molecular weight is 184 g/mol. The van der Waals surface area contributed by atoms with Crippen LogP contribution in [0.1, 0.15) is 0 Å². The van der Waals surface area contributed by atoms with Crippen molar-refractivity contribution in [1.29, 1.82) is 0 Å². The van der Waals surface area contributed by atoms with Gasteiger partial charge >= 0.3 is 5.97 Å². The second kappa shape index (κ2) is 3.64. The second-order valence-electron chi connectivity index (χ2n) is 3.87. The molecule has 4 nitrogen and oxygen atoms in total. The van der Waals surface area contributed by atoms with Gasteiger partial charge in [-0.25, -0.2) is 0 Å². The van der Waals surface area contributed by atoms with Gasteiger partial charge in [0, 0.05) is 6.54 Å². The van der Waals surface area contributed by atoms with Crippen molar-refractivity contribution in [2.75, 3.05) is 33.3 Å². The number of methoxy groups -OCH3 is 1. The quantitative estimate of drug-likeness (QED) is 0.552. The Bertz CT molecular complexity index is 204. The molecule has 0 radical (unpaired) electrons. The summed E-state index contributed by atoms with van der Waals surface area (Å²) in [5.74, 6) is 1.17. The molecule has 74 valence electrons. The first kappa shape index (κ1) is 8.97. The van der Waals surface area contributed by atoms with Crippen molar-refractivity contribution in [2.45, 2.75) is 0 Å². The fourth-order valence-corrected chi connectivity index (χ4v) is 2.22. The first-order valence-corrected chi connectivity index (χ1v) is 4.82. The molecule has 13 heavy (non-hydrogen) atoms. The minimum atomic E-state index is -0.0538. The molecule has 2 saturated heterocycles. The van der Waals surface area contributed by atoms with Crippen LogP contribution in [-0.4, -0.2) is 39.3 Å². The summed E-state index contributed by atoms with van der Waals surface area (Å²) in [6.45, 7) is 3.86. The standard InChI is InChI=1S/C9H16N2O2/c1-13-9(12)8-5-11-4-7(8)6-2-10-3-6/h6-8,10-11H,2-5H2,1H3. The molecule has 2 atom stereocenters. The normalized spacial score (nSPS) is 34.2. The van der Waals surface area contributed by atoms with E-state index in [4.69, 9.17) is 4.74 Å². The minimum absolute atomic E-state index is 0.0538. The zero-order valence-corrected chi connectivity index (χ0v) is 7.88. The van der Waals surface area contributed by atoms with Crippen LogP contribution < -0.4 is 10.6 Å². The maximum absolute atomic E-state index is 11.4. The Hall–Kier alpha value is -0.610. The molecule has 2 aliphatic heterocycles. The van der Waals surface area contributed by atoms with E-state index >= 15 is 0 Å². The summed E-state index contributed by atoms with van der Waals surface area (Å²) >= 11 is 0. The predicted octanol–water partition coefficient (Wildman–Crippen LogP) is -0.786. The first-order valence-electron chi connectivity index (χ1n) is 4.82. The number of rotatable bonds is 2. The Balaban J connectivity index is 1.96. The molecule has 0 aliphatic carbocycles. The van der Waals surface area contributed by atoms with Crippen molar-refractivity contribution in [3.8, 4) is 0 Å². The van der Waals surface area contributed by atoms with Crippen molar-refractivity contribution in [2.24, 2.45) is 17.8 Å². The molecule has 0 amide bonds. The van der Waals surface area contributed by atoms with Crippen molar-refractivity contribution in [1.82, 2.24) is 10.6 Å². The summed E-state index contributed by atoms with van der Waals surface area (Å²) in [4.78, 5) is 11.4. The number of nitrogens with one attached hydrogen (secondary N) is 2. The molecule has 2 N–H and O–H groups in total. The van der Waals surface area contributed by atoms with E-state index in [9.17, 15) is 4.79 Å². The van der Waals surface area contributed by atoms with Crippen molar-refractivity contribution < 1.29 is 9.53 Å². The van der Waals surface area contributed by atoms with Gasteiger partial charge in [0.25, 0.3) is 0 Å². The molecule has 2 unspecified atom stereocenters. The molecule has 2 heterocycles. The highest BCUT2D eigenvalue weighted by atomic mass is 16.5. The second-order valence-corrected chi connectivity index (χ2v) is 3.87. The lowest BCUT2D eigenvalue weighted by Gasteiger charge is -2.34. The van der Waals surface area contributed by atoms with Crippen LogP contribution in [0.4, 0.5) is 0 Å². The maximum atomic E-state index is 11.4. The van der Waals surface area contributed by atoms with Crippen LogP contribution in [0.15, 0.2) is 0 Å². The summed E-state index contributed by atoms with van der Waals surface area (Å²) < 4.78 is 4.78. The van der Waals surface area contributed by atoms with E-state index < -0.39 is 0 Å². The van der Waals surface area contributed by atoms with E-state index in [1.165, 1.54) is 7.11 Å². The van der Waals surface area contributed by atoms with Gasteiger partial charge in [0.2, 0.25) is 0 Å². The highest BCUT2D eigenvalue weighted by molar-refractivity contribution is 5.73. The van der Waals surface area contributed by atoms with Gasteiger partial charge < -0.3 is 15.4 Å². The lowest BCUT2D eigenvalue weighted by atomic mass is 9.80. The lowest BCUT2D eigenvalue weighted by Crippen LogP contribution is -2.49. The van der Waals surface area contributed by atoms with E-state index in [0.717, 1.165) is 26.2 Å². The summed E-state index contributed by atoms with van der Waals surface area (Å²) in [5, 5.41) is 6.49. The molecule has 2 fully saturated rings. The van der Waals surface area contributed by atoms with Crippen LogP contribution >= 0.6 is 0 Å². The van der Waals surface area contributed by atoms with E-state index in [0.29, 0.717) is 11.8 Å². The zero-order chi connectivity index (χ0) is 9.26. The molecular weight excluding hydrogens is 168 g/mol. The van der Waals surface area contributed by atoms with E-state index in [2.05, 4.69) is 10.6 Å². The summed E-state index contributed by atoms with van der Waals surface area (Å²) in [6, 6.07) is 0. The van der Waals surface area contributed by atoms with Crippen molar-refractivity contribution in [3.63, 3.8) is 0 Å². The molecule has 2 rings (SSSR count). The number of hydrogen-bond donors (Lipinski definition) is 2. The van der Waals surface area contributed by atoms with Gasteiger partial charge in [-0.3, -0.25) is 4.79 Å². The SMILES string of the molecule is COC(=O)C1CNCC1C1CNC1. The average Bonchev–Trinajstić information content (AvgIpc) is 2.49. The van der Waals surface area contributed by atoms with Crippen LogP contribution in [-0.2, 0) is 9.53 Å². The Labute approximate surface area is 78.0 Å². The van der Waals surface area contributed by atoms with E-state index in [-0.39, 0.29) is 11.9 Å². The topological polar surface area (TPSA) is 50.4 Å². The zero-order valence-electron chi connectivity index (χ0n) is 7.88. The van der Waals surface area contributed by atoms with Crippen LogP contribution in [0.25, 0.3) is 0 Å². The van der Waals surface area contributed by atoms with Gasteiger partial charge in [-0.05, 0) is 31.5 Å². The van der Waals surface area contributed by atoms with Crippen molar-refractivity contribution in [3.05, 3.63) is 0 Å². The number of ether oxygens (including phenoxy) is 1. The van der Waals surface area contributed by atoms with Crippen LogP contribution in [0.5, 0.6) is 0 Å². The first-order chi connectivity index (χ1) is 6.33. The molecule has 0 bridgehead atoms. The summed E-state index contributed by atoms with van der Waals surface area (Å²) in [5.41, 5.74) is 0. The summed E-state index contributed by atoms with van der Waals surface area (Å²) in [6.07, 6.45) is 0. The van der Waals surface area contributed by atoms with Gasteiger partial charge in [-0.1, -0.05) is 0 Å². The lowest BCUT2D eigenvalue weighted by molar-refractivity contribution is -0.146. The Morgan fingerprint density at radius 1 is 1.23 bits per heavy atom. The maximum Gasteiger partial charge on any atom is 0.310 e. The molecule has 0 aromatic heterocycles. The molecular formula is C9H16N2O2. The molecule has 0 saturated carbocycles. The Morgan fingerprint density at radius 3 is 2.46 bits per heavy atom. The fraction of sp³-hybridized carbons (Fsp3) is 0.889.